The van der Waals surface area contributed by atoms with E-state index in [-0.39, 0.29) is 17.7 Å². The third-order valence-corrected chi connectivity index (χ3v) is 4.12. The number of hydrogen-bond donors (Lipinski definition) is 1. The first-order valence-electron chi connectivity index (χ1n) is 8.19. The fourth-order valence-corrected chi connectivity index (χ4v) is 2.97. The summed E-state index contributed by atoms with van der Waals surface area (Å²) in [5.74, 6) is 0.0864. The Balaban J connectivity index is 1.92. The van der Waals surface area contributed by atoms with Crippen LogP contribution in [0.2, 0.25) is 0 Å². The molecule has 0 radical (unpaired) electrons. The molecule has 0 spiro atoms. The second kappa shape index (κ2) is 8.11. The van der Waals surface area contributed by atoms with Gasteiger partial charge in [0.2, 0.25) is 11.8 Å². The van der Waals surface area contributed by atoms with E-state index >= 15 is 0 Å². The van der Waals surface area contributed by atoms with E-state index in [9.17, 15) is 9.59 Å². The Kier molecular flexibility index (Phi) is 6.16. The highest BCUT2D eigenvalue weighted by molar-refractivity contribution is 5.91. The maximum Gasteiger partial charge on any atom is 0.223 e. The molecule has 0 atom stereocenters. The maximum atomic E-state index is 12.1. The third kappa shape index (κ3) is 5.06. The van der Waals surface area contributed by atoms with E-state index in [1.165, 1.54) is 0 Å². The van der Waals surface area contributed by atoms with Crippen LogP contribution >= 0.6 is 0 Å². The summed E-state index contributed by atoms with van der Waals surface area (Å²) >= 11 is 0. The molecule has 2 amide bonds. The van der Waals surface area contributed by atoms with Gasteiger partial charge in [0.05, 0.1) is 0 Å². The van der Waals surface area contributed by atoms with Crippen molar-refractivity contribution < 1.29 is 14.3 Å². The summed E-state index contributed by atoms with van der Waals surface area (Å²) in [4.78, 5) is 25.8. The predicted molar refractivity (Wildman–Crippen MR) is 90.5 cm³/mol. The van der Waals surface area contributed by atoms with Gasteiger partial charge in [0, 0.05) is 44.8 Å². The number of carbonyl (C=O) groups excluding carboxylic acids is 2. The first-order valence-corrected chi connectivity index (χ1v) is 8.19. The van der Waals surface area contributed by atoms with Crippen LogP contribution in [0.4, 0.5) is 5.69 Å². The molecular weight excluding hydrogens is 292 g/mol. The molecule has 0 saturated carbocycles. The molecule has 1 aliphatic heterocycles. The summed E-state index contributed by atoms with van der Waals surface area (Å²) < 4.78 is 5.27. The Morgan fingerprint density at radius 3 is 2.35 bits per heavy atom. The SMILES string of the molecule is CC(=O)N(CCNC(=O)C1CCOCC1)c1cc(C)cc(C)c1. The van der Waals surface area contributed by atoms with Crippen LogP contribution < -0.4 is 10.2 Å². The standard InChI is InChI=1S/C18H26N2O3/c1-13-10-14(2)12-17(11-13)20(15(3)21)7-6-19-18(22)16-4-8-23-9-5-16/h10-12,16H,4-9H2,1-3H3,(H,19,22). The van der Waals surface area contributed by atoms with Crippen LogP contribution in [-0.2, 0) is 14.3 Å². The number of benzene rings is 1. The summed E-state index contributed by atoms with van der Waals surface area (Å²) in [6, 6.07) is 6.07. The van der Waals surface area contributed by atoms with Crippen molar-refractivity contribution in [3.8, 4) is 0 Å². The highest BCUT2D eigenvalue weighted by atomic mass is 16.5. The Morgan fingerprint density at radius 1 is 1.17 bits per heavy atom. The van der Waals surface area contributed by atoms with Crippen molar-refractivity contribution in [2.24, 2.45) is 5.92 Å². The van der Waals surface area contributed by atoms with Crippen molar-refractivity contribution in [3.05, 3.63) is 29.3 Å². The van der Waals surface area contributed by atoms with Gasteiger partial charge in [0.1, 0.15) is 0 Å². The molecule has 5 heteroatoms. The number of amides is 2. The molecule has 1 fully saturated rings. The second-order valence-electron chi connectivity index (χ2n) is 6.19. The lowest BCUT2D eigenvalue weighted by atomic mass is 9.99. The van der Waals surface area contributed by atoms with Crippen LogP contribution in [0.15, 0.2) is 18.2 Å². The first kappa shape index (κ1) is 17.5. The van der Waals surface area contributed by atoms with Crippen LogP contribution in [-0.4, -0.2) is 38.1 Å². The Labute approximate surface area is 138 Å². The minimum absolute atomic E-state index is 0.0182. The number of aryl methyl sites for hydroxylation is 2. The monoisotopic (exact) mass is 318 g/mol. The Bertz CT molecular complexity index is 545. The average Bonchev–Trinajstić information content (AvgIpc) is 2.50. The van der Waals surface area contributed by atoms with Gasteiger partial charge in [-0.2, -0.15) is 0 Å². The molecule has 0 unspecified atom stereocenters. The highest BCUT2D eigenvalue weighted by Gasteiger charge is 2.21. The average molecular weight is 318 g/mol. The quantitative estimate of drug-likeness (QED) is 0.905. The van der Waals surface area contributed by atoms with Crippen molar-refractivity contribution in [1.82, 2.24) is 5.32 Å². The number of nitrogens with one attached hydrogen (secondary N) is 1. The summed E-state index contributed by atoms with van der Waals surface area (Å²) in [5, 5.41) is 2.95. The van der Waals surface area contributed by atoms with Crippen LogP contribution in [0.3, 0.4) is 0 Å². The van der Waals surface area contributed by atoms with Gasteiger partial charge < -0.3 is 15.0 Å². The predicted octanol–water partition coefficient (Wildman–Crippen LogP) is 2.20. The molecular formula is C18H26N2O3. The van der Waals surface area contributed by atoms with Crippen LogP contribution in [0.25, 0.3) is 0 Å². The van der Waals surface area contributed by atoms with Gasteiger partial charge in [0.25, 0.3) is 0 Å². The summed E-state index contributed by atoms with van der Waals surface area (Å²) in [6.45, 7) is 7.83. The van der Waals surface area contributed by atoms with Gasteiger partial charge in [0.15, 0.2) is 0 Å². The molecule has 1 heterocycles. The smallest absolute Gasteiger partial charge is 0.223 e. The normalized spacial score (nSPS) is 15.3. The molecule has 23 heavy (non-hydrogen) atoms. The summed E-state index contributed by atoms with van der Waals surface area (Å²) in [6.07, 6.45) is 1.55. The van der Waals surface area contributed by atoms with Gasteiger partial charge in [-0.15, -0.1) is 0 Å². The van der Waals surface area contributed by atoms with E-state index in [4.69, 9.17) is 4.74 Å². The number of hydrogen-bond acceptors (Lipinski definition) is 3. The van der Waals surface area contributed by atoms with Crippen LogP contribution in [0, 0.1) is 19.8 Å². The van der Waals surface area contributed by atoms with Crippen LogP contribution in [0.5, 0.6) is 0 Å². The molecule has 1 aromatic carbocycles. The topological polar surface area (TPSA) is 58.6 Å². The molecule has 1 N–H and O–H groups in total. The van der Waals surface area contributed by atoms with Crippen LogP contribution in [0.1, 0.15) is 30.9 Å². The number of ether oxygens (including phenoxy) is 1. The zero-order valence-corrected chi connectivity index (χ0v) is 14.2. The van der Waals surface area contributed by atoms with Gasteiger partial charge in [-0.05, 0) is 49.9 Å². The van der Waals surface area contributed by atoms with E-state index < -0.39 is 0 Å². The molecule has 2 rings (SSSR count). The van der Waals surface area contributed by atoms with E-state index in [2.05, 4.69) is 11.4 Å². The second-order valence-corrected chi connectivity index (χ2v) is 6.19. The molecule has 1 aromatic rings. The molecule has 126 valence electrons. The molecule has 5 nitrogen and oxygen atoms in total. The fourth-order valence-electron chi connectivity index (χ4n) is 2.97. The van der Waals surface area contributed by atoms with E-state index in [1.54, 1.807) is 11.8 Å². The molecule has 1 aliphatic rings. The van der Waals surface area contributed by atoms with E-state index in [0.717, 1.165) is 29.7 Å². The molecule has 0 bridgehead atoms. The van der Waals surface area contributed by atoms with Crippen molar-refractivity contribution >= 4 is 17.5 Å². The van der Waals surface area contributed by atoms with Crippen molar-refractivity contribution in [1.29, 1.82) is 0 Å². The molecule has 0 aliphatic carbocycles. The minimum Gasteiger partial charge on any atom is -0.381 e. The van der Waals surface area contributed by atoms with Gasteiger partial charge in [-0.25, -0.2) is 0 Å². The van der Waals surface area contributed by atoms with Gasteiger partial charge in [-0.3, -0.25) is 9.59 Å². The Morgan fingerprint density at radius 2 is 1.78 bits per heavy atom. The van der Waals surface area contributed by atoms with Crippen molar-refractivity contribution in [3.63, 3.8) is 0 Å². The van der Waals surface area contributed by atoms with Gasteiger partial charge in [-0.1, -0.05) is 6.07 Å². The van der Waals surface area contributed by atoms with Gasteiger partial charge >= 0.3 is 0 Å². The lowest BCUT2D eigenvalue weighted by molar-refractivity contribution is -0.127. The first-order chi connectivity index (χ1) is 11.0. The number of carbonyl (C=O) groups is 2. The van der Waals surface area contributed by atoms with Crippen molar-refractivity contribution in [2.75, 3.05) is 31.2 Å². The van der Waals surface area contributed by atoms with E-state index in [0.29, 0.717) is 26.3 Å². The molecule has 0 aromatic heterocycles. The number of rotatable bonds is 5. The minimum atomic E-state index is -0.0182. The summed E-state index contributed by atoms with van der Waals surface area (Å²) in [5.41, 5.74) is 3.13. The highest BCUT2D eigenvalue weighted by Crippen LogP contribution is 2.19. The lowest BCUT2D eigenvalue weighted by Gasteiger charge is -2.24. The third-order valence-electron chi connectivity index (χ3n) is 4.12. The number of anilines is 1. The Hall–Kier alpha value is -1.88. The zero-order valence-electron chi connectivity index (χ0n) is 14.2. The largest absolute Gasteiger partial charge is 0.381 e. The van der Waals surface area contributed by atoms with E-state index in [1.807, 2.05) is 26.0 Å². The lowest BCUT2D eigenvalue weighted by Crippen LogP contribution is -2.40. The fraction of sp³-hybridized carbons (Fsp3) is 0.556. The molecule has 1 saturated heterocycles. The maximum absolute atomic E-state index is 12.1. The van der Waals surface area contributed by atoms with Crippen molar-refractivity contribution in [2.45, 2.75) is 33.6 Å². The number of nitrogens with zero attached hydrogens (tertiary/aromatic N) is 1. The summed E-state index contributed by atoms with van der Waals surface area (Å²) in [7, 11) is 0. The zero-order chi connectivity index (χ0) is 16.8.